The van der Waals surface area contributed by atoms with E-state index in [0.717, 1.165) is 0 Å². The highest BCUT2D eigenvalue weighted by molar-refractivity contribution is 5.85. The number of hydrogen-bond donors (Lipinski definition) is 2. The van der Waals surface area contributed by atoms with Gasteiger partial charge in [0.15, 0.2) is 5.82 Å². The fraction of sp³-hybridized carbons (Fsp3) is 0.667. The van der Waals surface area contributed by atoms with Crippen molar-refractivity contribution in [3.8, 4) is 0 Å². The Labute approximate surface area is 89.1 Å². The Hall–Kier alpha value is -1.43. The van der Waals surface area contributed by atoms with Gasteiger partial charge in [0.25, 0.3) is 0 Å². The molecular weight excluding hydrogens is 194 g/mol. The number of nitrogens with one attached hydrogen (secondary N) is 2. The minimum atomic E-state index is -0.575. The van der Waals surface area contributed by atoms with E-state index in [-0.39, 0.29) is 5.91 Å². The molecule has 0 atom stereocenters. The molecule has 1 aromatic rings. The van der Waals surface area contributed by atoms with Crippen LogP contribution in [0.25, 0.3) is 0 Å². The number of carbonyl (C=O) groups excluding carboxylic acids is 1. The third-order valence-corrected chi connectivity index (χ3v) is 2.25. The molecule has 1 aromatic heterocycles. The van der Waals surface area contributed by atoms with E-state index in [2.05, 4.69) is 20.7 Å². The van der Waals surface area contributed by atoms with E-state index in [1.165, 1.54) is 0 Å². The standard InChI is InChI=1S/C9H17N5O/c1-9(2,10-3)8(15)11-5-7-12-6-14(4)13-7/h6,10H,5H2,1-4H3,(H,11,15). The number of nitrogens with zero attached hydrogens (tertiary/aromatic N) is 3. The zero-order chi connectivity index (χ0) is 11.5. The van der Waals surface area contributed by atoms with Gasteiger partial charge in [0, 0.05) is 7.05 Å². The summed E-state index contributed by atoms with van der Waals surface area (Å²) in [6.45, 7) is 3.98. The van der Waals surface area contributed by atoms with Gasteiger partial charge in [-0.15, -0.1) is 0 Å². The van der Waals surface area contributed by atoms with Gasteiger partial charge < -0.3 is 10.6 Å². The SMILES string of the molecule is CNC(C)(C)C(=O)NCc1ncn(C)n1. The summed E-state index contributed by atoms with van der Waals surface area (Å²) in [6, 6.07) is 0. The van der Waals surface area contributed by atoms with Crippen LogP contribution >= 0.6 is 0 Å². The van der Waals surface area contributed by atoms with Crippen LogP contribution < -0.4 is 10.6 Å². The van der Waals surface area contributed by atoms with Crippen molar-refractivity contribution < 1.29 is 4.79 Å². The molecule has 0 saturated heterocycles. The maximum Gasteiger partial charge on any atom is 0.240 e. The largest absolute Gasteiger partial charge is 0.347 e. The topological polar surface area (TPSA) is 71.8 Å². The molecule has 2 N–H and O–H groups in total. The molecule has 0 radical (unpaired) electrons. The molecule has 0 aliphatic carbocycles. The maximum absolute atomic E-state index is 11.6. The molecule has 1 heterocycles. The van der Waals surface area contributed by atoms with Crippen molar-refractivity contribution in [3.63, 3.8) is 0 Å². The highest BCUT2D eigenvalue weighted by Crippen LogP contribution is 2.00. The molecule has 6 nitrogen and oxygen atoms in total. The Balaban J connectivity index is 2.47. The fourth-order valence-electron chi connectivity index (χ4n) is 0.959. The molecule has 0 aliphatic heterocycles. The van der Waals surface area contributed by atoms with Gasteiger partial charge in [0.2, 0.25) is 5.91 Å². The third kappa shape index (κ3) is 3.02. The van der Waals surface area contributed by atoms with E-state index >= 15 is 0 Å². The van der Waals surface area contributed by atoms with E-state index in [0.29, 0.717) is 12.4 Å². The number of carbonyl (C=O) groups is 1. The van der Waals surface area contributed by atoms with Crippen LogP contribution in [0.4, 0.5) is 0 Å². The summed E-state index contributed by atoms with van der Waals surface area (Å²) < 4.78 is 1.60. The van der Waals surface area contributed by atoms with E-state index in [1.54, 1.807) is 25.1 Å². The Morgan fingerprint density at radius 1 is 1.60 bits per heavy atom. The lowest BCUT2D eigenvalue weighted by atomic mass is 10.1. The summed E-state index contributed by atoms with van der Waals surface area (Å²) >= 11 is 0. The molecule has 0 spiro atoms. The lowest BCUT2D eigenvalue weighted by molar-refractivity contribution is -0.126. The molecule has 0 fully saturated rings. The van der Waals surface area contributed by atoms with Crippen molar-refractivity contribution in [1.29, 1.82) is 0 Å². The summed E-state index contributed by atoms with van der Waals surface area (Å²) in [4.78, 5) is 15.7. The molecule has 15 heavy (non-hydrogen) atoms. The van der Waals surface area contributed by atoms with Crippen molar-refractivity contribution in [1.82, 2.24) is 25.4 Å². The normalized spacial score (nSPS) is 11.5. The summed E-state index contributed by atoms with van der Waals surface area (Å²) in [7, 11) is 3.54. The summed E-state index contributed by atoms with van der Waals surface area (Å²) in [5.74, 6) is 0.537. The first-order valence-corrected chi connectivity index (χ1v) is 4.77. The Kier molecular flexibility index (Phi) is 3.41. The van der Waals surface area contributed by atoms with E-state index in [9.17, 15) is 4.79 Å². The number of aromatic nitrogens is 3. The zero-order valence-electron chi connectivity index (χ0n) is 9.53. The van der Waals surface area contributed by atoms with Crippen LogP contribution in [0.15, 0.2) is 6.33 Å². The van der Waals surface area contributed by atoms with E-state index < -0.39 is 5.54 Å². The Bertz CT molecular complexity index is 344. The van der Waals surface area contributed by atoms with Gasteiger partial charge in [-0.2, -0.15) is 5.10 Å². The van der Waals surface area contributed by atoms with Crippen LogP contribution in [0.2, 0.25) is 0 Å². The van der Waals surface area contributed by atoms with Gasteiger partial charge in [-0.1, -0.05) is 0 Å². The molecule has 1 amide bonds. The quantitative estimate of drug-likeness (QED) is 0.699. The average molecular weight is 211 g/mol. The van der Waals surface area contributed by atoms with Crippen molar-refractivity contribution in [2.24, 2.45) is 7.05 Å². The minimum absolute atomic E-state index is 0.0718. The van der Waals surface area contributed by atoms with E-state index in [1.807, 2.05) is 13.8 Å². The second-order valence-corrected chi connectivity index (χ2v) is 3.89. The van der Waals surface area contributed by atoms with Crippen molar-refractivity contribution in [3.05, 3.63) is 12.2 Å². The number of aryl methyl sites for hydroxylation is 1. The molecular formula is C9H17N5O. The second kappa shape index (κ2) is 4.39. The van der Waals surface area contributed by atoms with Gasteiger partial charge in [-0.25, -0.2) is 4.98 Å². The highest BCUT2D eigenvalue weighted by Gasteiger charge is 2.24. The van der Waals surface area contributed by atoms with Crippen molar-refractivity contribution >= 4 is 5.91 Å². The monoisotopic (exact) mass is 211 g/mol. The van der Waals surface area contributed by atoms with Crippen LogP contribution in [-0.4, -0.2) is 33.3 Å². The molecule has 0 saturated carbocycles. The van der Waals surface area contributed by atoms with Crippen LogP contribution in [-0.2, 0) is 18.4 Å². The van der Waals surface area contributed by atoms with Gasteiger partial charge in [0.1, 0.15) is 6.33 Å². The maximum atomic E-state index is 11.6. The average Bonchev–Trinajstić information content (AvgIpc) is 2.60. The third-order valence-electron chi connectivity index (χ3n) is 2.25. The Morgan fingerprint density at radius 3 is 2.73 bits per heavy atom. The number of hydrogen-bond acceptors (Lipinski definition) is 4. The summed E-state index contributed by atoms with van der Waals surface area (Å²) in [6.07, 6.45) is 1.60. The molecule has 0 unspecified atom stereocenters. The summed E-state index contributed by atoms with van der Waals surface area (Å²) in [5, 5.41) is 9.75. The van der Waals surface area contributed by atoms with Gasteiger partial charge in [-0.05, 0) is 20.9 Å². The highest BCUT2D eigenvalue weighted by atomic mass is 16.2. The lowest BCUT2D eigenvalue weighted by Gasteiger charge is -2.22. The molecule has 1 rings (SSSR count). The number of rotatable bonds is 4. The molecule has 0 aromatic carbocycles. The predicted octanol–water partition coefficient (Wildman–Crippen LogP) is -0.571. The number of likely N-dealkylation sites (N-methyl/N-ethyl adjacent to an activating group) is 1. The fourth-order valence-corrected chi connectivity index (χ4v) is 0.959. The van der Waals surface area contributed by atoms with E-state index in [4.69, 9.17) is 0 Å². The molecule has 6 heteroatoms. The van der Waals surface area contributed by atoms with Crippen molar-refractivity contribution in [2.75, 3.05) is 7.05 Å². The first-order chi connectivity index (χ1) is 6.95. The molecule has 84 valence electrons. The molecule has 0 aliphatic rings. The summed E-state index contributed by atoms with van der Waals surface area (Å²) in [5.41, 5.74) is -0.575. The van der Waals surface area contributed by atoms with Crippen LogP contribution in [0.1, 0.15) is 19.7 Å². The van der Waals surface area contributed by atoms with Crippen LogP contribution in [0, 0.1) is 0 Å². The van der Waals surface area contributed by atoms with Crippen LogP contribution in [0.3, 0.4) is 0 Å². The van der Waals surface area contributed by atoms with Gasteiger partial charge in [-0.3, -0.25) is 9.48 Å². The second-order valence-electron chi connectivity index (χ2n) is 3.89. The lowest BCUT2D eigenvalue weighted by Crippen LogP contribution is -2.50. The Morgan fingerprint density at radius 2 is 2.27 bits per heavy atom. The van der Waals surface area contributed by atoms with Gasteiger partial charge in [0.05, 0.1) is 12.1 Å². The van der Waals surface area contributed by atoms with Crippen LogP contribution in [0.5, 0.6) is 0 Å². The molecule has 0 bridgehead atoms. The first kappa shape index (κ1) is 11.6. The smallest absolute Gasteiger partial charge is 0.240 e. The van der Waals surface area contributed by atoms with Gasteiger partial charge >= 0.3 is 0 Å². The first-order valence-electron chi connectivity index (χ1n) is 4.77. The number of amides is 1. The minimum Gasteiger partial charge on any atom is -0.347 e. The van der Waals surface area contributed by atoms with Crippen molar-refractivity contribution in [2.45, 2.75) is 25.9 Å². The zero-order valence-corrected chi connectivity index (χ0v) is 9.53. The predicted molar refractivity (Wildman–Crippen MR) is 56.0 cm³/mol.